The Balaban J connectivity index is 2.32. The molecule has 2 aromatic heterocycles. The lowest BCUT2D eigenvalue weighted by atomic mass is 10.2. The molecule has 15 heavy (non-hydrogen) atoms. The van der Waals surface area contributed by atoms with Gasteiger partial charge in [-0.3, -0.25) is 4.79 Å². The normalized spacial score (nSPS) is 10.5. The first-order chi connectivity index (χ1) is 7.22. The van der Waals surface area contributed by atoms with Gasteiger partial charge in [0.05, 0.1) is 9.75 Å². The quantitative estimate of drug-likeness (QED) is 0.738. The zero-order valence-electron chi connectivity index (χ0n) is 8.74. The number of rotatable bonds is 3. The SMILES string of the molecule is CCc1ccc(C(=O)c2sccc2C)s1. The highest BCUT2D eigenvalue weighted by atomic mass is 32.1. The molecule has 2 heterocycles. The Bertz CT molecular complexity index is 479. The second-order valence-electron chi connectivity index (χ2n) is 3.38. The Labute approximate surface area is 97.4 Å². The molecular weight excluding hydrogens is 224 g/mol. The van der Waals surface area contributed by atoms with Crippen LogP contribution in [-0.4, -0.2) is 5.78 Å². The molecule has 0 aliphatic heterocycles. The number of thiophene rings is 2. The van der Waals surface area contributed by atoms with Gasteiger partial charge in [0.2, 0.25) is 5.78 Å². The molecule has 0 aliphatic carbocycles. The van der Waals surface area contributed by atoms with Crippen LogP contribution in [0.4, 0.5) is 0 Å². The highest BCUT2D eigenvalue weighted by molar-refractivity contribution is 7.16. The maximum absolute atomic E-state index is 12.1. The van der Waals surface area contributed by atoms with Crippen molar-refractivity contribution in [3.63, 3.8) is 0 Å². The highest BCUT2D eigenvalue weighted by Crippen LogP contribution is 2.24. The van der Waals surface area contributed by atoms with E-state index in [1.165, 1.54) is 16.2 Å². The fourth-order valence-corrected chi connectivity index (χ4v) is 3.24. The van der Waals surface area contributed by atoms with Gasteiger partial charge in [0.25, 0.3) is 0 Å². The topological polar surface area (TPSA) is 17.1 Å². The molecular formula is C12H12OS2. The van der Waals surface area contributed by atoms with E-state index in [1.807, 2.05) is 30.5 Å². The summed E-state index contributed by atoms with van der Waals surface area (Å²) in [5.41, 5.74) is 1.08. The van der Waals surface area contributed by atoms with Crippen molar-refractivity contribution in [2.45, 2.75) is 20.3 Å². The maximum Gasteiger partial charge on any atom is 0.213 e. The lowest BCUT2D eigenvalue weighted by Gasteiger charge is -1.95. The average molecular weight is 236 g/mol. The molecule has 0 aliphatic rings. The third-order valence-electron chi connectivity index (χ3n) is 2.30. The predicted octanol–water partition coefficient (Wildman–Crippen LogP) is 3.91. The predicted molar refractivity (Wildman–Crippen MR) is 66.2 cm³/mol. The third-order valence-corrected chi connectivity index (χ3v) is 4.55. The van der Waals surface area contributed by atoms with Crippen LogP contribution in [0.5, 0.6) is 0 Å². The first kappa shape index (κ1) is 10.6. The largest absolute Gasteiger partial charge is 0.287 e. The van der Waals surface area contributed by atoms with Gasteiger partial charge in [-0.15, -0.1) is 22.7 Å². The summed E-state index contributed by atoms with van der Waals surface area (Å²) in [4.78, 5) is 15.1. The number of ketones is 1. The summed E-state index contributed by atoms with van der Waals surface area (Å²) >= 11 is 3.13. The van der Waals surface area contributed by atoms with Crippen molar-refractivity contribution in [3.8, 4) is 0 Å². The summed E-state index contributed by atoms with van der Waals surface area (Å²) in [5, 5.41) is 1.97. The lowest BCUT2D eigenvalue weighted by molar-refractivity contribution is 0.104. The van der Waals surface area contributed by atoms with E-state index in [1.54, 1.807) is 11.3 Å². The number of hydrogen-bond donors (Lipinski definition) is 0. The fourth-order valence-electron chi connectivity index (χ4n) is 1.41. The van der Waals surface area contributed by atoms with Crippen LogP contribution in [0.15, 0.2) is 23.6 Å². The van der Waals surface area contributed by atoms with Crippen molar-refractivity contribution in [3.05, 3.63) is 43.8 Å². The average Bonchev–Trinajstić information content (AvgIpc) is 2.84. The molecule has 3 heteroatoms. The summed E-state index contributed by atoms with van der Waals surface area (Å²) in [6.07, 6.45) is 1.00. The van der Waals surface area contributed by atoms with Gasteiger partial charge in [-0.1, -0.05) is 6.92 Å². The fraction of sp³-hybridized carbons (Fsp3) is 0.250. The minimum Gasteiger partial charge on any atom is -0.287 e. The Morgan fingerprint density at radius 1 is 1.33 bits per heavy atom. The summed E-state index contributed by atoms with van der Waals surface area (Å²) < 4.78 is 0. The van der Waals surface area contributed by atoms with Crippen LogP contribution in [-0.2, 0) is 6.42 Å². The first-order valence-electron chi connectivity index (χ1n) is 4.90. The number of aryl methyl sites for hydroxylation is 2. The molecule has 0 fully saturated rings. The zero-order chi connectivity index (χ0) is 10.8. The van der Waals surface area contributed by atoms with Crippen LogP contribution in [0.3, 0.4) is 0 Å². The van der Waals surface area contributed by atoms with Crippen molar-refractivity contribution in [2.24, 2.45) is 0 Å². The molecule has 0 bridgehead atoms. The van der Waals surface area contributed by atoms with Crippen molar-refractivity contribution < 1.29 is 4.79 Å². The molecule has 0 spiro atoms. The Kier molecular flexibility index (Phi) is 3.03. The van der Waals surface area contributed by atoms with Crippen molar-refractivity contribution in [1.82, 2.24) is 0 Å². The van der Waals surface area contributed by atoms with E-state index in [2.05, 4.69) is 6.92 Å². The number of carbonyl (C=O) groups excluding carboxylic acids is 1. The van der Waals surface area contributed by atoms with Gasteiger partial charge in [-0.25, -0.2) is 0 Å². The van der Waals surface area contributed by atoms with E-state index < -0.39 is 0 Å². The Hall–Kier alpha value is -0.930. The maximum atomic E-state index is 12.1. The van der Waals surface area contributed by atoms with E-state index in [4.69, 9.17) is 0 Å². The zero-order valence-corrected chi connectivity index (χ0v) is 10.4. The Morgan fingerprint density at radius 2 is 2.13 bits per heavy atom. The minimum atomic E-state index is 0.173. The van der Waals surface area contributed by atoms with E-state index >= 15 is 0 Å². The van der Waals surface area contributed by atoms with E-state index in [0.717, 1.165) is 21.7 Å². The second-order valence-corrected chi connectivity index (χ2v) is 5.47. The number of carbonyl (C=O) groups is 1. The third kappa shape index (κ3) is 2.03. The lowest BCUT2D eigenvalue weighted by Crippen LogP contribution is -1.96. The molecule has 0 radical (unpaired) electrons. The number of hydrogen-bond acceptors (Lipinski definition) is 3. The van der Waals surface area contributed by atoms with Crippen LogP contribution in [0.25, 0.3) is 0 Å². The van der Waals surface area contributed by atoms with Crippen LogP contribution >= 0.6 is 22.7 Å². The second kappa shape index (κ2) is 4.29. The van der Waals surface area contributed by atoms with Crippen molar-refractivity contribution >= 4 is 28.5 Å². The van der Waals surface area contributed by atoms with Gasteiger partial charge in [0, 0.05) is 4.88 Å². The van der Waals surface area contributed by atoms with Gasteiger partial charge in [0.15, 0.2) is 0 Å². The smallest absolute Gasteiger partial charge is 0.213 e. The molecule has 0 atom stereocenters. The molecule has 0 N–H and O–H groups in total. The molecule has 2 rings (SSSR count). The van der Waals surface area contributed by atoms with Crippen LogP contribution in [0.1, 0.15) is 31.9 Å². The van der Waals surface area contributed by atoms with Crippen LogP contribution in [0.2, 0.25) is 0 Å². The van der Waals surface area contributed by atoms with Crippen LogP contribution < -0.4 is 0 Å². The van der Waals surface area contributed by atoms with Crippen molar-refractivity contribution in [1.29, 1.82) is 0 Å². The van der Waals surface area contributed by atoms with E-state index in [-0.39, 0.29) is 5.78 Å². The Morgan fingerprint density at radius 3 is 2.67 bits per heavy atom. The summed E-state index contributed by atoms with van der Waals surface area (Å²) in [7, 11) is 0. The van der Waals surface area contributed by atoms with E-state index in [9.17, 15) is 4.79 Å². The molecule has 0 saturated heterocycles. The molecule has 0 saturated carbocycles. The summed E-state index contributed by atoms with van der Waals surface area (Å²) in [6.45, 7) is 4.09. The van der Waals surface area contributed by atoms with Gasteiger partial charge < -0.3 is 0 Å². The molecule has 2 aromatic rings. The van der Waals surface area contributed by atoms with Gasteiger partial charge in [-0.2, -0.15) is 0 Å². The molecule has 0 amide bonds. The van der Waals surface area contributed by atoms with Crippen LogP contribution in [0, 0.1) is 6.92 Å². The van der Waals surface area contributed by atoms with E-state index in [0.29, 0.717) is 0 Å². The highest BCUT2D eigenvalue weighted by Gasteiger charge is 2.14. The van der Waals surface area contributed by atoms with Gasteiger partial charge in [-0.05, 0) is 42.5 Å². The summed E-state index contributed by atoms with van der Waals surface area (Å²) in [6, 6.07) is 5.97. The standard InChI is InChI=1S/C12H12OS2/c1-3-9-4-5-10(15-9)11(13)12-8(2)6-7-14-12/h4-7H,3H2,1-2H3. The molecule has 0 unspecified atom stereocenters. The monoisotopic (exact) mass is 236 g/mol. The molecule has 1 nitrogen and oxygen atoms in total. The van der Waals surface area contributed by atoms with Gasteiger partial charge in [0.1, 0.15) is 0 Å². The summed E-state index contributed by atoms with van der Waals surface area (Å²) in [5.74, 6) is 0.173. The molecule has 0 aromatic carbocycles. The van der Waals surface area contributed by atoms with Crippen molar-refractivity contribution in [2.75, 3.05) is 0 Å². The minimum absolute atomic E-state index is 0.173. The first-order valence-corrected chi connectivity index (χ1v) is 6.59. The van der Waals surface area contributed by atoms with Gasteiger partial charge >= 0.3 is 0 Å². The molecule has 78 valence electrons.